The first-order chi connectivity index (χ1) is 8.16. The number of para-hydroxylation sites is 1. The molecule has 1 unspecified atom stereocenters. The molecule has 2 aromatic rings. The Morgan fingerprint density at radius 2 is 2.35 bits per heavy atom. The first-order valence-electron chi connectivity index (χ1n) is 5.68. The number of nitrogens with two attached hydrogens (primary N) is 1. The monoisotopic (exact) mass is 237 g/mol. The fraction of sp³-hybridized carbons (Fsp3) is 0.417. The van der Waals surface area contributed by atoms with E-state index in [0.29, 0.717) is 5.52 Å². The molecule has 5 heteroatoms. The van der Waals surface area contributed by atoms with Crippen LogP contribution >= 0.6 is 0 Å². The molecule has 4 nitrogen and oxygen atoms in total. The van der Waals surface area contributed by atoms with Crippen LogP contribution in [0.15, 0.2) is 22.6 Å². The van der Waals surface area contributed by atoms with Crippen LogP contribution in [0.25, 0.3) is 11.1 Å². The van der Waals surface area contributed by atoms with E-state index >= 15 is 0 Å². The molecule has 0 amide bonds. The highest BCUT2D eigenvalue weighted by molar-refractivity contribution is 5.74. The van der Waals surface area contributed by atoms with Gasteiger partial charge in [-0.15, -0.1) is 0 Å². The van der Waals surface area contributed by atoms with Gasteiger partial charge in [0.2, 0.25) is 0 Å². The number of aromatic nitrogens is 1. The van der Waals surface area contributed by atoms with E-state index in [2.05, 4.69) is 17.2 Å². The zero-order valence-corrected chi connectivity index (χ0v) is 9.74. The van der Waals surface area contributed by atoms with Crippen LogP contribution in [0.4, 0.5) is 10.4 Å². The normalized spacial score (nSPS) is 19.1. The molecule has 17 heavy (non-hydrogen) atoms. The van der Waals surface area contributed by atoms with E-state index in [9.17, 15) is 4.39 Å². The number of hydrogen-bond donors (Lipinski definition) is 2. The largest absolute Gasteiger partial charge is 0.421 e. The Morgan fingerprint density at radius 1 is 1.53 bits per heavy atom. The topological polar surface area (TPSA) is 64.1 Å². The van der Waals surface area contributed by atoms with Crippen LogP contribution in [0.5, 0.6) is 0 Å². The minimum Gasteiger partial charge on any atom is -0.421 e. The standard InChI is InChI=1S/C7H5FN2O.C5H11N/c8-4-2-1-3-5-6(4)11-7(9)10-5;1-5-2-3-6-4-5/h1-3H,(H2,9,10);5-6H,2-4H2,1H3. The van der Waals surface area contributed by atoms with E-state index in [0.717, 1.165) is 5.92 Å². The zero-order chi connectivity index (χ0) is 12.3. The Kier molecular flexibility index (Phi) is 3.58. The molecule has 1 aliphatic heterocycles. The number of nitrogens with zero attached hydrogens (tertiary/aromatic N) is 1. The maximum absolute atomic E-state index is 12.8. The van der Waals surface area contributed by atoms with Crippen LogP contribution in [0.3, 0.4) is 0 Å². The number of nitrogen functional groups attached to an aromatic ring is 1. The number of rotatable bonds is 0. The first kappa shape index (κ1) is 11.9. The molecule has 1 atom stereocenters. The van der Waals surface area contributed by atoms with Crippen molar-refractivity contribution in [2.75, 3.05) is 18.8 Å². The van der Waals surface area contributed by atoms with Crippen molar-refractivity contribution in [3.05, 3.63) is 24.0 Å². The fourth-order valence-corrected chi connectivity index (χ4v) is 1.73. The van der Waals surface area contributed by atoms with Gasteiger partial charge in [-0.3, -0.25) is 0 Å². The number of oxazole rings is 1. The van der Waals surface area contributed by atoms with E-state index in [-0.39, 0.29) is 11.6 Å². The summed E-state index contributed by atoms with van der Waals surface area (Å²) in [5.41, 5.74) is 5.78. The second-order valence-corrected chi connectivity index (χ2v) is 4.24. The van der Waals surface area contributed by atoms with Gasteiger partial charge in [0.1, 0.15) is 5.52 Å². The smallest absolute Gasteiger partial charge is 0.293 e. The van der Waals surface area contributed by atoms with Gasteiger partial charge in [0.25, 0.3) is 6.01 Å². The van der Waals surface area contributed by atoms with E-state index in [1.807, 2.05) is 0 Å². The lowest BCUT2D eigenvalue weighted by molar-refractivity contribution is 0.567. The molecule has 92 valence electrons. The average Bonchev–Trinajstić information content (AvgIpc) is 2.88. The van der Waals surface area contributed by atoms with Crippen molar-refractivity contribution < 1.29 is 8.81 Å². The lowest BCUT2D eigenvalue weighted by Gasteiger charge is -1.90. The number of anilines is 1. The molecule has 0 bridgehead atoms. The first-order valence-corrected chi connectivity index (χ1v) is 5.68. The molecule has 3 N–H and O–H groups in total. The highest BCUT2D eigenvalue weighted by Crippen LogP contribution is 2.18. The van der Waals surface area contributed by atoms with Crippen molar-refractivity contribution in [3.63, 3.8) is 0 Å². The van der Waals surface area contributed by atoms with Gasteiger partial charge >= 0.3 is 0 Å². The molecule has 1 saturated heterocycles. The minimum absolute atomic E-state index is 0.00917. The number of nitrogens with one attached hydrogen (secondary N) is 1. The molecule has 0 aliphatic carbocycles. The summed E-state index contributed by atoms with van der Waals surface area (Å²) in [5.74, 6) is 0.497. The van der Waals surface area contributed by atoms with Gasteiger partial charge in [-0.2, -0.15) is 4.98 Å². The molecule has 2 heterocycles. The van der Waals surface area contributed by atoms with Crippen LogP contribution in [0.1, 0.15) is 13.3 Å². The molecular formula is C12H16FN3O. The van der Waals surface area contributed by atoms with Crippen LogP contribution in [-0.4, -0.2) is 18.1 Å². The van der Waals surface area contributed by atoms with Gasteiger partial charge in [0, 0.05) is 0 Å². The van der Waals surface area contributed by atoms with Crippen molar-refractivity contribution in [3.8, 4) is 0 Å². The number of benzene rings is 1. The van der Waals surface area contributed by atoms with Crippen molar-refractivity contribution in [2.24, 2.45) is 5.92 Å². The molecule has 3 rings (SSSR count). The fourth-order valence-electron chi connectivity index (χ4n) is 1.73. The molecule has 1 fully saturated rings. The zero-order valence-electron chi connectivity index (χ0n) is 9.74. The summed E-state index contributed by atoms with van der Waals surface area (Å²) >= 11 is 0. The molecule has 1 aliphatic rings. The van der Waals surface area contributed by atoms with Gasteiger partial charge in [-0.1, -0.05) is 13.0 Å². The van der Waals surface area contributed by atoms with Gasteiger partial charge in [-0.05, 0) is 37.6 Å². The number of halogens is 1. The summed E-state index contributed by atoms with van der Waals surface area (Å²) in [5, 5.41) is 3.27. The van der Waals surface area contributed by atoms with Crippen LogP contribution in [0.2, 0.25) is 0 Å². The molecule has 0 spiro atoms. The van der Waals surface area contributed by atoms with Gasteiger partial charge in [0.15, 0.2) is 11.4 Å². The molecule has 1 aromatic heterocycles. The molecular weight excluding hydrogens is 221 g/mol. The predicted molar refractivity (Wildman–Crippen MR) is 65.0 cm³/mol. The maximum Gasteiger partial charge on any atom is 0.293 e. The van der Waals surface area contributed by atoms with E-state index in [1.165, 1.54) is 25.6 Å². The lowest BCUT2D eigenvalue weighted by Crippen LogP contribution is -2.06. The Bertz CT molecular complexity index is 491. The Hall–Kier alpha value is -1.62. The van der Waals surface area contributed by atoms with Crippen molar-refractivity contribution >= 4 is 17.1 Å². The third-order valence-corrected chi connectivity index (χ3v) is 2.69. The van der Waals surface area contributed by atoms with E-state index in [1.54, 1.807) is 12.1 Å². The van der Waals surface area contributed by atoms with Crippen molar-refractivity contribution in [2.45, 2.75) is 13.3 Å². The summed E-state index contributed by atoms with van der Waals surface area (Å²) in [6.07, 6.45) is 1.38. The van der Waals surface area contributed by atoms with Gasteiger partial charge in [0.05, 0.1) is 0 Å². The van der Waals surface area contributed by atoms with Crippen molar-refractivity contribution in [1.82, 2.24) is 10.3 Å². The third kappa shape index (κ3) is 2.94. The molecule has 0 radical (unpaired) electrons. The van der Waals surface area contributed by atoms with E-state index in [4.69, 9.17) is 10.2 Å². The van der Waals surface area contributed by atoms with Gasteiger partial charge in [-0.25, -0.2) is 4.39 Å². The van der Waals surface area contributed by atoms with Crippen LogP contribution in [0, 0.1) is 11.7 Å². The lowest BCUT2D eigenvalue weighted by atomic mass is 10.2. The summed E-state index contributed by atoms with van der Waals surface area (Å²) in [6, 6.07) is 4.48. The summed E-state index contributed by atoms with van der Waals surface area (Å²) in [4.78, 5) is 3.75. The summed E-state index contributed by atoms with van der Waals surface area (Å²) < 4.78 is 17.6. The second kappa shape index (κ2) is 5.14. The van der Waals surface area contributed by atoms with Crippen LogP contribution < -0.4 is 11.1 Å². The Morgan fingerprint density at radius 3 is 2.88 bits per heavy atom. The SMILES string of the molecule is CC1CCNC1.Nc1nc2cccc(F)c2o1. The summed E-state index contributed by atoms with van der Waals surface area (Å²) in [7, 11) is 0. The van der Waals surface area contributed by atoms with Gasteiger partial charge < -0.3 is 15.5 Å². The predicted octanol–water partition coefficient (Wildman–Crippen LogP) is 2.16. The van der Waals surface area contributed by atoms with Crippen molar-refractivity contribution in [1.29, 1.82) is 0 Å². The Balaban J connectivity index is 0.000000153. The maximum atomic E-state index is 12.8. The minimum atomic E-state index is -0.438. The number of fused-ring (bicyclic) bond motifs is 1. The summed E-state index contributed by atoms with van der Waals surface area (Å²) in [6.45, 7) is 4.75. The van der Waals surface area contributed by atoms with Crippen LogP contribution in [-0.2, 0) is 0 Å². The number of hydrogen-bond acceptors (Lipinski definition) is 4. The average molecular weight is 237 g/mol. The molecule has 0 saturated carbocycles. The highest BCUT2D eigenvalue weighted by Gasteiger charge is 2.06. The highest BCUT2D eigenvalue weighted by atomic mass is 19.1. The molecule has 1 aromatic carbocycles. The van der Waals surface area contributed by atoms with E-state index < -0.39 is 5.82 Å². The quantitative estimate of drug-likeness (QED) is 0.737. The third-order valence-electron chi connectivity index (χ3n) is 2.69. The second-order valence-electron chi connectivity index (χ2n) is 4.24. The Labute approximate surface area is 99.0 Å².